The van der Waals surface area contributed by atoms with Gasteiger partial charge in [0.2, 0.25) is 0 Å². The molecule has 60 valence electrons. The third-order valence-electron chi connectivity index (χ3n) is 1.42. The van der Waals surface area contributed by atoms with Gasteiger partial charge in [0.15, 0.2) is 0 Å². The van der Waals surface area contributed by atoms with Crippen molar-refractivity contribution in [3.63, 3.8) is 0 Å². The Hall–Kier alpha value is -0.380. The molecule has 0 fully saturated rings. The molecule has 2 atom stereocenters. The second-order valence-electron chi connectivity index (χ2n) is 2.44. The summed E-state index contributed by atoms with van der Waals surface area (Å²) in [6, 6.07) is 0.0859. The van der Waals surface area contributed by atoms with Crippen LogP contribution < -0.4 is 11.5 Å². The topological polar surface area (TPSA) is 73.9 Å². The van der Waals surface area contributed by atoms with Crippen molar-refractivity contribution in [3.05, 3.63) is 12.2 Å². The average molecular weight is 145 g/mol. The quantitative estimate of drug-likeness (QED) is 0.438. The highest BCUT2D eigenvalue weighted by Gasteiger charge is 2.09. The monoisotopic (exact) mass is 145 g/mol. The fraction of sp³-hybridized carbons (Fsp3) is 0.714. The number of aliphatic hydroxyl groups is 1. The van der Waals surface area contributed by atoms with Crippen LogP contribution in [0.25, 0.3) is 0 Å². The van der Waals surface area contributed by atoms with Crippen LogP contribution in [-0.2, 0) is 0 Å². The van der Waals surface area contributed by atoms with E-state index in [2.05, 4.69) is 5.73 Å². The van der Waals surface area contributed by atoms with Crippen molar-refractivity contribution in [3.8, 4) is 0 Å². The second-order valence-corrected chi connectivity index (χ2v) is 2.44. The van der Waals surface area contributed by atoms with Gasteiger partial charge >= 0.3 is 0 Å². The SMILES string of the molecule is CC(O)C([NH3+])CC=CCN. The molecule has 3 heteroatoms. The van der Waals surface area contributed by atoms with Crippen molar-refractivity contribution in [1.82, 2.24) is 0 Å². The van der Waals surface area contributed by atoms with Gasteiger partial charge in [-0.05, 0) is 6.92 Å². The molecule has 2 unspecified atom stereocenters. The van der Waals surface area contributed by atoms with Gasteiger partial charge in [-0.1, -0.05) is 12.2 Å². The van der Waals surface area contributed by atoms with E-state index in [0.717, 1.165) is 6.42 Å². The van der Waals surface area contributed by atoms with Crippen molar-refractivity contribution >= 4 is 0 Å². The summed E-state index contributed by atoms with van der Waals surface area (Å²) in [6.07, 6.45) is 4.29. The Balaban J connectivity index is 3.38. The lowest BCUT2D eigenvalue weighted by molar-refractivity contribution is -0.434. The summed E-state index contributed by atoms with van der Waals surface area (Å²) in [7, 11) is 0. The summed E-state index contributed by atoms with van der Waals surface area (Å²) in [5, 5.41) is 8.99. The molecule has 0 aromatic heterocycles. The zero-order valence-corrected chi connectivity index (χ0v) is 6.46. The predicted octanol–water partition coefficient (Wildman–Crippen LogP) is -1.12. The van der Waals surface area contributed by atoms with Gasteiger partial charge < -0.3 is 16.6 Å². The van der Waals surface area contributed by atoms with Gasteiger partial charge in [0, 0.05) is 13.0 Å². The van der Waals surface area contributed by atoms with E-state index in [9.17, 15) is 0 Å². The summed E-state index contributed by atoms with van der Waals surface area (Å²) >= 11 is 0. The molecule has 0 bridgehead atoms. The molecule has 3 nitrogen and oxygen atoms in total. The van der Waals surface area contributed by atoms with Gasteiger partial charge in [0.25, 0.3) is 0 Å². The number of nitrogens with two attached hydrogens (primary N) is 1. The van der Waals surface area contributed by atoms with E-state index >= 15 is 0 Å². The molecule has 0 aliphatic carbocycles. The highest BCUT2D eigenvalue weighted by Crippen LogP contribution is 1.92. The van der Waals surface area contributed by atoms with Crippen LogP contribution in [-0.4, -0.2) is 23.8 Å². The molecule has 0 aliphatic heterocycles. The largest absolute Gasteiger partial charge is 0.387 e. The zero-order chi connectivity index (χ0) is 7.98. The first-order chi connectivity index (χ1) is 4.68. The Morgan fingerprint density at radius 1 is 1.60 bits per heavy atom. The first kappa shape index (κ1) is 9.62. The molecular formula is C7H17N2O+. The molecule has 0 aliphatic rings. The second kappa shape index (κ2) is 5.41. The first-order valence-corrected chi connectivity index (χ1v) is 3.54. The van der Waals surface area contributed by atoms with E-state index < -0.39 is 0 Å². The summed E-state index contributed by atoms with van der Waals surface area (Å²) < 4.78 is 0. The van der Waals surface area contributed by atoms with E-state index in [0.29, 0.717) is 6.54 Å². The van der Waals surface area contributed by atoms with Crippen LogP contribution in [0.4, 0.5) is 0 Å². The standard InChI is InChI=1S/C7H16N2O/c1-6(10)7(9)4-2-3-5-8/h2-3,6-7,10H,4-5,8-9H2,1H3/p+1. The molecule has 0 aromatic rings. The Labute approximate surface area is 61.7 Å². The number of hydrogen-bond donors (Lipinski definition) is 3. The van der Waals surface area contributed by atoms with Crippen LogP contribution in [0.15, 0.2) is 12.2 Å². The van der Waals surface area contributed by atoms with E-state index in [1.54, 1.807) is 6.92 Å². The first-order valence-electron chi connectivity index (χ1n) is 3.54. The van der Waals surface area contributed by atoms with Gasteiger partial charge in [-0.2, -0.15) is 0 Å². The molecule has 0 saturated heterocycles. The normalized spacial score (nSPS) is 17.6. The minimum absolute atomic E-state index is 0.0859. The van der Waals surface area contributed by atoms with Crippen molar-refractivity contribution < 1.29 is 10.8 Å². The highest BCUT2D eigenvalue weighted by molar-refractivity contribution is 4.85. The molecule has 0 rings (SSSR count). The molecule has 0 spiro atoms. The summed E-state index contributed by atoms with van der Waals surface area (Å²) in [5.74, 6) is 0. The Kier molecular flexibility index (Phi) is 5.20. The average Bonchev–Trinajstić information content (AvgIpc) is 1.88. The molecule has 0 heterocycles. The molecule has 0 aromatic carbocycles. The molecule has 0 amide bonds. The fourth-order valence-corrected chi connectivity index (χ4v) is 0.564. The van der Waals surface area contributed by atoms with E-state index in [1.165, 1.54) is 0 Å². The van der Waals surface area contributed by atoms with E-state index in [1.807, 2.05) is 12.2 Å². The Morgan fingerprint density at radius 2 is 2.20 bits per heavy atom. The molecule has 10 heavy (non-hydrogen) atoms. The van der Waals surface area contributed by atoms with Crippen LogP contribution in [0.3, 0.4) is 0 Å². The maximum absolute atomic E-state index is 8.99. The zero-order valence-electron chi connectivity index (χ0n) is 6.46. The van der Waals surface area contributed by atoms with Gasteiger partial charge in [-0.3, -0.25) is 0 Å². The highest BCUT2D eigenvalue weighted by atomic mass is 16.3. The third kappa shape index (κ3) is 4.49. The minimum Gasteiger partial charge on any atom is -0.387 e. The van der Waals surface area contributed by atoms with Gasteiger partial charge in [0.05, 0.1) is 0 Å². The van der Waals surface area contributed by atoms with Gasteiger partial charge in [-0.15, -0.1) is 0 Å². The van der Waals surface area contributed by atoms with Crippen molar-refractivity contribution in [1.29, 1.82) is 0 Å². The lowest BCUT2D eigenvalue weighted by Gasteiger charge is -2.07. The van der Waals surface area contributed by atoms with Gasteiger partial charge in [0.1, 0.15) is 12.1 Å². The maximum atomic E-state index is 8.99. The number of quaternary nitrogens is 1. The number of aliphatic hydroxyl groups excluding tert-OH is 1. The number of hydrogen-bond acceptors (Lipinski definition) is 2. The molecule has 0 saturated carbocycles. The van der Waals surface area contributed by atoms with Crippen LogP contribution in [0.1, 0.15) is 13.3 Å². The Morgan fingerprint density at radius 3 is 2.60 bits per heavy atom. The predicted molar refractivity (Wildman–Crippen MR) is 41.2 cm³/mol. The molecule has 6 N–H and O–H groups in total. The van der Waals surface area contributed by atoms with Crippen molar-refractivity contribution in [2.24, 2.45) is 5.73 Å². The summed E-state index contributed by atoms with van der Waals surface area (Å²) in [6.45, 7) is 2.31. The van der Waals surface area contributed by atoms with E-state index in [4.69, 9.17) is 10.8 Å². The van der Waals surface area contributed by atoms with Crippen molar-refractivity contribution in [2.45, 2.75) is 25.5 Å². The number of rotatable bonds is 4. The maximum Gasteiger partial charge on any atom is 0.114 e. The van der Waals surface area contributed by atoms with Crippen LogP contribution >= 0.6 is 0 Å². The summed E-state index contributed by atoms with van der Waals surface area (Å²) in [4.78, 5) is 0. The fourth-order valence-electron chi connectivity index (χ4n) is 0.564. The van der Waals surface area contributed by atoms with Gasteiger partial charge in [-0.25, -0.2) is 0 Å². The molecular weight excluding hydrogens is 128 g/mol. The van der Waals surface area contributed by atoms with Crippen LogP contribution in [0.5, 0.6) is 0 Å². The summed E-state index contributed by atoms with van der Waals surface area (Å²) in [5.41, 5.74) is 8.99. The third-order valence-corrected chi connectivity index (χ3v) is 1.42. The smallest absolute Gasteiger partial charge is 0.114 e. The van der Waals surface area contributed by atoms with E-state index in [-0.39, 0.29) is 12.1 Å². The van der Waals surface area contributed by atoms with Crippen LogP contribution in [0.2, 0.25) is 0 Å². The molecule has 0 radical (unpaired) electrons. The lowest BCUT2D eigenvalue weighted by atomic mass is 10.1. The minimum atomic E-state index is -0.331. The lowest BCUT2D eigenvalue weighted by Crippen LogP contribution is -2.65. The van der Waals surface area contributed by atoms with Crippen molar-refractivity contribution in [2.75, 3.05) is 6.54 Å². The van der Waals surface area contributed by atoms with Crippen LogP contribution in [0, 0.1) is 0 Å². The Bertz CT molecular complexity index is 102.